The Bertz CT molecular complexity index is 876. The van der Waals surface area contributed by atoms with E-state index < -0.39 is 0 Å². The normalized spacial score (nSPS) is 10.6. The molecular formula is C22H24N4O. The van der Waals surface area contributed by atoms with Crippen LogP contribution in [-0.2, 0) is 6.42 Å². The largest absolute Gasteiger partial charge is 0.370 e. The third-order valence-electron chi connectivity index (χ3n) is 4.30. The number of nitrogens with one attached hydrogen (secondary N) is 2. The highest BCUT2D eigenvalue weighted by atomic mass is 16.1. The lowest BCUT2D eigenvalue weighted by molar-refractivity contribution is 0.102. The number of aromatic nitrogens is 2. The molecule has 5 nitrogen and oxygen atoms in total. The molecule has 0 saturated carbocycles. The van der Waals surface area contributed by atoms with Crippen LogP contribution < -0.4 is 10.6 Å². The smallest absolute Gasteiger partial charge is 0.274 e. The summed E-state index contributed by atoms with van der Waals surface area (Å²) >= 11 is 0. The number of rotatable bonds is 7. The zero-order valence-electron chi connectivity index (χ0n) is 15.6. The van der Waals surface area contributed by atoms with E-state index in [1.165, 1.54) is 17.5 Å². The Balaban J connectivity index is 1.58. The summed E-state index contributed by atoms with van der Waals surface area (Å²) in [6, 6.07) is 19.8. The average molecular weight is 360 g/mol. The molecule has 0 aliphatic carbocycles. The lowest BCUT2D eigenvalue weighted by Crippen LogP contribution is -2.15. The van der Waals surface area contributed by atoms with E-state index in [4.69, 9.17) is 0 Å². The van der Waals surface area contributed by atoms with Crippen molar-refractivity contribution in [2.45, 2.75) is 26.2 Å². The molecule has 1 heterocycles. The molecule has 27 heavy (non-hydrogen) atoms. The third kappa shape index (κ3) is 5.38. The van der Waals surface area contributed by atoms with Crippen LogP contribution in [0.15, 0.2) is 67.0 Å². The summed E-state index contributed by atoms with van der Waals surface area (Å²) < 4.78 is 0. The van der Waals surface area contributed by atoms with Gasteiger partial charge in [-0.3, -0.25) is 4.79 Å². The number of carbonyl (C=O) groups excluding carboxylic acids is 1. The first-order valence-electron chi connectivity index (χ1n) is 9.13. The Morgan fingerprint density at radius 2 is 1.74 bits per heavy atom. The molecule has 2 aromatic carbocycles. The molecule has 5 heteroatoms. The summed E-state index contributed by atoms with van der Waals surface area (Å²) in [5.74, 6) is 0.850. The van der Waals surface area contributed by atoms with Crippen molar-refractivity contribution < 1.29 is 4.79 Å². The maximum Gasteiger partial charge on any atom is 0.274 e. The Hall–Kier alpha value is -3.21. The summed E-state index contributed by atoms with van der Waals surface area (Å²) in [6.07, 6.45) is 2.29. The van der Waals surface area contributed by atoms with Crippen LogP contribution >= 0.6 is 0 Å². The lowest BCUT2D eigenvalue weighted by atomic mass is 10.0. The first-order valence-corrected chi connectivity index (χ1v) is 9.13. The monoisotopic (exact) mass is 360 g/mol. The highest BCUT2D eigenvalue weighted by molar-refractivity contribution is 6.03. The second-order valence-corrected chi connectivity index (χ2v) is 6.68. The van der Waals surface area contributed by atoms with Crippen LogP contribution in [0.4, 0.5) is 11.5 Å². The molecule has 0 saturated heterocycles. The zero-order valence-corrected chi connectivity index (χ0v) is 15.6. The highest BCUT2D eigenvalue weighted by Gasteiger charge is 2.09. The number of hydrogen-bond acceptors (Lipinski definition) is 4. The van der Waals surface area contributed by atoms with Gasteiger partial charge in [-0.15, -0.1) is 0 Å². The fourth-order valence-electron chi connectivity index (χ4n) is 2.70. The van der Waals surface area contributed by atoms with E-state index in [9.17, 15) is 4.79 Å². The van der Waals surface area contributed by atoms with Gasteiger partial charge in [-0.2, -0.15) is 0 Å². The Kier molecular flexibility index (Phi) is 6.15. The minimum atomic E-state index is -0.249. The van der Waals surface area contributed by atoms with Crippen molar-refractivity contribution in [1.29, 1.82) is 0 Å². The fraction of sp³-hybridized carbons (Fsp3) is 0.227. The maximum atomic E-state index is 12.5. The second-order valence-electron chi connectivity index (χ2n) is 6.68. The molecule has 0 bridgehead atoms. The maximum absolute atomic E-state index is 12.5. The predicted octanol–water partition coefficient (Wildman–Crippen LogP) is 4.51. The summed E-state index contributed by atoms with van der Waals surface area (Å²) in [5, 5.41) is 6.12. The molecule has 0 atom stereocenters. The summed E-state index contributed by atoms with van der Waals surface area (Å²) in [6.45, 7) is 5.01. The minimum Gasteiger partial charge on any atom is -0.370 e. The molecule has 1 aromatic heterocycles. The number of amides is 1. The van der Waals surface area contributed by atoms with Crippen LogP contribution in [0.5, 0.6) is 0 Å². The predicted molar refractivity (Wildman–Crippen MR) is 109 cm³/mol. The van der Waals surface area contributed by atoms with E-state index in [1.807, 2.05) is 42.5 Å². The van der Waals surface area contributed by atoms with Crippen molar-refractivity contribution in [1.82, 2.24) is 9.97 Å². The van der Waals surface area contributed by atoms with E-state index in [0.717, 1.165) is 18.7 Å². The van der Waals surface area contributed by atoms with Crippen LogP contribution in [0.2, 0.25) is 0 Å². The second kappa shape index (κ2) is 8.94. The Labute approximate surface area is 159 Å². The van der Waals surface area contributed by atoms with Gasteiger partial charge in [-0.05, 0) is 35.6 Å². The molecule has 0 unspecified atom stereocenters. The van der Waals surface area contributed by atoms with Crippen molar-refractivity contribution in [3.05, 3.63) is 83.8 Å². The number of benzene rings is 2. The van der Waals surface area contributed by atoms with Crippen molar-refractivity contribution in [2.24, 2.45) is 0 Å². The number of nitrogens with zero attached hydrogens (tertiary/aromatic N) is 2. The average Bonchev–Trinajstić information content (AvgIpc) is 2.69. The van der Waals surface area contributed by atoms with Gasteiger partial charge >= 0.3 is 0 Å². The van der Waals surface area contributed by atoms with Gasteiger partial charge in [-0.1, -0.05) is 56.3 Å². The Morgan fingerprint density at radius 1 is 1.00 bits per heavy atom. The van der Waals surface area contributed by atoms with Gasteiger partial charge < -0.3 is 10.6 Å². The molecule has 0 spiro atoms. The zero-order chi connectivity index (χ0) is 19.1. The van der Waals surface area contributed by atoms with Gasteiger partial charge in [0.15, 0.2) is 0 Å². The molecule has 0 fully saturated rings. The van der Waals surface area contributed by atoms with E-state index >= 15 is 0 Å². The standard InChI is InChI=1S/C22H24N4O/c1-16(2)18-8-10-19(11-9-18)26-22(27)20-14-21(25-15-24-20)23-13-12-17-6-4-3-5-7-17/h3-11,14-16H,12-13H2,1-2H3,(H,26,27)(H,23,24,25). The first kappa shape index (κ1) is 18.6. The summed E-state index contributed by atoms with van der Waals surface area (Å²) in [5.41, 5.74) is 3.57. The van der Waals surface area contributed by atoms with Crippen LogP contribution in [0, 0.1) is 0 Å². The van der Waals surface area contributed by atoms with Crippen molar-refractivity contribution in [3.63, 3.8) is 0 Å². The topological polar surface area (TPSA) is 66.9 Å². The molecule has 2 N–H and O–H groups in total. The van der Waals surface area contributed by atoms with E-state index in [2.05, 4.69) is 46.6 Å². The molecular weight excluding hydrogens is 336 g/mol. The van der Waals surface area contributed by atoms with Gasteiger partial charge in [0.2, 0.25) is 0 Å². The summed E-state index contributed by atoms with van der Waals surface area (Å²) in [4.78, 5) is 20.7. The Morgan fingerprint density at radius 3 is 2.44 bits per heavy atom. The quantitative estimate of drug-likeness (QED) is 0.651. The third-order valence-corrected chi connectivity index (χ3v) is 4.30. The van der Waals surface area contributed by atoms with Crippen LogP contribution in [0.25, 0.3) is 0 Å². The molecule has 3 rings (SSSR count). The molecule has 3 aromatic rings. The van der Waals surface area contributed by atoms with Gasteiger partial charge in [0.1, 0.15) is 17.8 Å². The number of carbonyl (C=O) groups is 1. The first-order chi connectivity index (χ1) is 13.1. The molecule has 138 valence electrons. The number of hydrogen-bond donors (Lipinski definition) is 2. The lowest BCUT2D eigenvalue weighted by Gasteiger charge is -2.09. The molecule has 0 aliphatic rings. The van der Waals surface area contributed by atoms with Gasteiger partial charge in [0.05, 0.1) is 0 Å². The number of anilines is 2. The van der Waals surface area contributed by atoms with Crippen LogP contribution in [0.3, 0.4) is 0 Å². The SMILES string of the molecule is CC(C)c1ccc(NC(=O)c2cc(NCCc3ccccc3)ncn2)cc1. The van der Waals surface area contributed by atoms with Gasteiger partial charge in [0, 0.05) is 18.3 Å². The van der Waals surface area contributed by atoms with Crippen molar-refractivity contribution >= 4 is 17.4 Å². The molecule has 0 aliphatic heterocycles. The van der Waals surface area contributed by atoms with Crippen molar-refractivity contribution in [2.75, 3.05) is 17.2 Å². The highest BCUT2D eigenvalue weighted by Crippen LogP contribution is 2.17. The van der Waals surface area contributed by atoms with Gasteiger partial charge in [0.25, 0.3) is 5.91 Å². The van der Waals surface area contributed by atoms with Gasteiger partial charge in [-0.25, -0.2) is 9.97 Å². The fourth-order valence-corrected chi connectivity index (χ4v) is 2.70. The van der Waals surface area contributed by atoms with Crippen LogP contribution in [-0.4, -0.2) is 22.4 Å². The molecule has 1 amide bonds. The molecule has 0 radical (unpaired) electrons. The minimum absolute atomic E-state index is 0.249. The summed E-state index contributed by atoms with van der Waals surface area (Å²) in [7, 11) is 0. The van der Waals surface area contributed by atoms with E-state index in [1.54, 1.807) is 6.07 Å². The van der Waals surface area contributed by atoms with Crippen molar-refractivity contribution in [3.8, 4) is 0 Å². The van der Waals surface area contributed by atoms with Crippen LogP contribution in [0.1, 0.15) is 41.4 Å². The van der Waals surface area contributed by atoms with E-state index in [-0.39, 0.29) is 5.91 Å². The van der Waals surface area contributed by atoms with E-state index in [0.29, 0.717) is 17.4 Å².